The van der Waals surface area contributed by atoms with Crippen molar-refractivity contribution in [1.82, 2.24) is 19.1 Å². The Morgan fingerprint density at radius 3 is 2.78 bits per heavy atom. The summed E-state index contributed by atoms with van der Waals surface area (Å²) in [5.74, 6) is 0. The number of aromatic amines is 1. The first kappa shape index (κ1) is 12.7. The van der Waals surface area contributed by atoms with Crippen molar-refractivity contribution in [2.75, 3.05) is 6.26 Å². The highest BCUT2D eigenvalue weighted by Crippen LogP contribution is 2.18. The summed E-state index contributed by atoms with van der Waals surface area (Å²) >= 11 is 1.44. The molecule has 0 fully saturated rings. The maximum atomic E-state index is 11.9. The lowest BCUT2D eigenvalue weighted by atomic mass is 10.4. The summed E-state index contributed by atoms with van der Waals surface area (Å²) < 4.78 is 3.15. The molecule has 2 rings (SSSR count). The van der Waals surface area contributed by atoms with Crippen LogP contribution in [0.2, 0.25) is 0 Å². The van der Waals surface area contributed by atoms with Gasteiger partial charge in [0.25, 0.3) is 5.56 Å². The molecule has 0 saturated heterocycles. The summed E-state index contributed by atoms with van der Waals surface area (Å²) in [6.07, 6.45) is 5.73. The molecule has 2 aromatic heterocycles. The Labute approximate surface area is 107 Å². The number of hydrogen-bond acceptors (Lipinski definition) is 4. The molecule has 0 radical (unpaired) electrons. The van der Waals surface area contributed by atoms with Crippen LogP contribution in [0.15, 0.2) is 26.9 Å². The van der Waals surface area contributed by atoms with Gasteiger partial charge in [0.05, 0.1) is 0 Å². The van der Waals surface area contributed by atoms with E-state index in [0.717, 1.165) is 5.16 Å². The van der Waals surface area contributed by atoms with E-state index in [9.17, 15) is 9.59 Å². The number of imidazole rings is 1. The lowest BCUT2D eigenvalue weighted by Gasteiger charge is -2.03. The average Bonchev–Trinajstić information content (AvgIpc) is 2.72. The Balaban J connectivity index is 2.87. The van der Waals surface area contributed by atoms with E-state index >= 15 is 0 Å². The molecule has 0 bridgehead atoms. The Bertz CT molecular complexity index is 723. The van der Waals surface area contributed by atoms with Gasteiger partial charge in [-0.25, -0.2) is 9.78 Å². The molecule has 0 aromatic carbocycles. The monoisotopic (exact) mass is 266 g/mol. The maximum Gasteiger partial charge on any atom is 0.329 e. The smallest absolute Gasteiger partial charge is 0.309 e. The predicted octanol–water partition coefficient (Wildman–Crippen LogP) is 0.721. The van der Waals surface area contributed by atoms with Gasteiger partial charge in [-0.2, -0.15) is 0 Å². The van der Waals surface area contributed by atoms with Crippen LogP contribution in [0, 0.1) is 0 Å². The zero-order valence-electron chi connectivity index (χ0n) is 10.4. The molecular weight excluding hydrogens is 252 g/mol. The quantitative estimate of drug-likeness (QED) is 0.656. The molecule has 0 aliphatic rings. The third-order valence-corrected chi connectivity index (χ3v) is 3.36. The summed E-state index contributed by atoms with van der Waals surface area (Å²) in [5, 5.41) is 0.717. The van der Waals surface area contributed by atoms with E-state index in [4.69, 9.17) is 0 Å². The fourth-order valence-electron chi connectivity index (χ4n) is 1.75. The van der Waals surface area contributed by atoms with Gasteiger partial charge in [-0.15, -0.1) is 0 Å². The van der Waals surface area contributed by atoms with Crippen LogP contribution >= 0.6 is 11.8 Å². The second kappa shape index (κ2) is 4.85. The van der Waals surface area contributed by atoms with Crippen LogP contribution in [0.4, 0.5) is 0 Å². The molecule has 2 aromatic rings. The summed E-state index contributed by atoms with van der Waals surface area (Å²) in [4.78, 5) is 30.0. The molecule has 0 spiro atoms. The van der Waals surface area contributed by atoms with Gasteiger partial charge in [-0.05, 0) is 13.2 Å². The Kier molecular flexibility index (Phi) is 3.42. The lowest BCUT2D eigenvalue weighted by Crippen LogP contribution is -2.29. The molecule has 96 valence electrons. The molecular formula is C11H14N4O2S. The third kappa shape index (κ3) is 1.90. The number of thioether (sulfide) groups is 1. The van der Waals surface area contributed by atoms with Crippen LogP contribution in [0.1, 0.15) is 6.92 Å². The normalized spacial score (nSPS) is 11.7. The first-order valence-electron chi connectivity index (χ1n) is 5.44. The van der Waals surface area contributed by atoms with E-state index < -0.39 is 11.2 Å². The number of hydrogen-bond donors (Lipinski definition) is 1. The molecule has 0 unspecified atom stereocenters. The van der Waals surface area contributed by atoms with Gasteiger partial charge in [0, 0.05) is 13.6 Å². The lowest BCUT2D eigenvalue weighted by molar-refractivity contribution is 0.744. The summed E-state index contributed by atoms with van der Waals surface area (Å²) in [5.41, 5.74) is -0.00149. The Morgan fingerprint density at radius 2 is 2.17 bits per heavy atom. The summed E-state index contributed by atoms with van der Waals surface area (Å²) in [6.45, 7) is 2.47. The first-order chi connectivity index (χ1) is 8.60. The Morgan fingerprint density at radius 1 is 1.44 bits per heavy atom. The van der Waals surface area contributed by atoms with Crippen LogP contribution in [0.3, 0.4) is 0 Å². The van der Waals surface area contributed by atoms with Gasteiger partial charge < -0.3 is 4.57 Å². The fourth-order valence-corrected chi connectivity index (χ4v) is 2.31. The van der Waals surface area contributed by atoms with Crippen molar-refractivity contribution in [1.29, 1.82) is 0 Å². The van der Waals surface area contributed by atoms with E-state index in [0.29, 0.717) is 17.7 Å². The minimum Gasteiger partial charge on any atom is -0.309 e. The van der Waals surface area contributed by atoms with Crippen LogP contribution in [-0.4, -0.2) is 25.4 Å². The number of H-pyrrole nitrogens is 1. The van der Waals surface area contributed by atoms with Crippen molar-refractivity contribution in [3.63, 3.8) is 0 Å². The minimum atomic E-state index is -0.448. The molecule has 2 heterocycles. The number of allylic oxidation sites excluding steroid dienone is 2. The number of aryl methyl sites for hydroxylation is 1. The molecule has 6 nitrogen and oxygen atoms in total. The zero-order valence-corrected chi connectivity index (χ0v) is 11.2. The molecule has 18 heavy (non-hydrogen) atoms. The zero-order chi connectivity index (χ0) is 13.3. The number of fused-ring (bicyclic) bond motifs is 1. The summed E-state index contributed by atoms with van der Waals surface area (Å²) in [6, 6.07) is 0. The first-order valence-corrected chi connectivity index (χ1v) is 6.67. The van der Waals surface area contributed by atoms with Gasteiger partial charge in [0.15, 0.2) is 16.3 Å². The second-order valence-electron chi connectivity index (χ2n) is 3.77. The highest BCUT2D eigenvalue weighted by molar-refractivity contribution is 7.98. The Hall–Kier alpha value is -1.76. The highest BCUT2D eigenvalue weighted by atomic mass is 32.2. The van der Waals surface area contributed by atoms with Crippen molar-refractivity contribution in [2.24, 2.45) is 7.05 Å². The van der Waals surface area contributed by atoms with Crippen LogP contribution in [-0.2, 0) is 13.6 Å². The molecule has 7 heteroatoms. The van der Waals surface area contributed by atoms with E-state index in [1.807, 2.05) is 25.3 Å². The third-order valence-electron chi connectivity index (χ3n) is 2.68. The van der Waals surface area contributed by atoms with Crippen molar-refractivity contribution < 1.29 is 0 Å². The molecule has 0 amide bonds. The van der Waals surface area contributed by atoms with Crippen molar-refractivity contribution in [2.45, 2.75) is 18.6 Å². The van der Waals surface area contributed by atoms with Crippen molar-refractivity contribution in [3.05, 3.63) is 33.0 Å². The van der Waals surface area contributed by atoms with E-state index in [2.05, 4.69) is 9.97 Å². The van der Waals surface area contributed by atoms with Crippen LogP contribution in [0.5, 0.6) is 0 Å². The summed E-state index contributed by atoms with van der Waals surface area (Å²) in [7, 11) is 1.59. The molecule has 0 saturated carbocycles. The fraction of sp³-hybridized carbons (Fsp3) is 0.364. The number of rotatable bonds is 3. The minimum absolute atomic E-state index is 0.398. The van der Waals surface area contributed by atoms with E-state index in [-0.39, 0.29) is 0 Å². The van der Waals surface area contributed by atoms with Gasteiger partial charge in [-0.3, -0.25) is 14.3 Å². The molecule has 1 N–H and O–H groups in total. The number of nitrogens with one attached hydrogen (secondary N) is 1. The van der Waals surface area contributed by atoms with Crippen molar-refractivity contribution in [3.8, 4) is 0 Å². The van der Waals surface area contributed by atoms with Gasteiger partial charge in [-0.1, -0.05) is 23.9 Å². The molecule has 0 aliphatic heterocycles. The topological polar surface area (TPSA) is 72.7 Å². The SMILES string of the molecule is C/C=C\Cn1c(SC)nc2c1c(=O)[nH]c(=O)n2C. The molecule has 0 atom stereocenters. The molecule has 0 aliphatic carbocycles. The largest absolute Gasteiger partial charge is 0.329 e. The standard InChI is InChI=1S/C11H14N4O2S/c1-4-5-6-15-7-8(12-11(15)18-3)14(2)10(17)13-9(7)16/h4-5H,6H2,1-3H3,(H,13,16,17)/b5-4-. The van der Waals surface area contributed by atoms with E-state index in [1.165, 1.54) is 16.3 Å². The number of aromatic nitrogens is 4. The van der Waals surface area contributed by atoms with Crippen molar-refractivity contribution >= 4 is 22.9 Å². The van der Waals surface area contributed by atoms with E-state index in [1.54, 1.807) is 11.6 Å². The van der Waals surface area contributed by atoms with Gasteiger partial charge in [0.2, 0.25) is 0 Å². The van der Waals surface area contributed by atoms with Crippen LogP contribution < -0.4 is 11.2 Å². The number of nitrogens with zero attached hydrogens (tertiary/aromatic N) is 3. The van der Waals surface area contributed by atoms with Crippen LogP contribution in [0.25, 0.3) is 11.2 Å². The van der Waals surface area contributed by atoms with Gasteiger partial charge in [0.1, 0.15) is 0 Å². The average molecular weight is 266 g/mol. The highest BCUT2D eigenvalue weighted by Gasteiger charge is 2.15. The maximum absolute atomic E-state index is 11.9. The van der Waals surface area contributed by atoms with Gasteiger partial charge >= 0.3 is 5.69 Å². The predicted molar refractivity (Wildman–Crippen MR) is 72.2 cm³/mol. The second-order valence-corrected chi connectivity index (χ2v) is 4.54.